The second-order valence-corrected chi connectivity index (χ2v) is 4.41. The topological polar surface area (TPSA) is 9.23 Å². The lowest BCUT2D eigenvalue weighted by molar-refractivity contribution is 0.414. The Morgan fingerprint density at radius 3 is 2.81 bits per heavy atom. The minimum atomic E-state index is 0.959. The van der Waals surface area contributed by atoms with E-state index in [1.165, 1.54) is 49.7 Å². The zero-order valence-electron chi connectivity index (χ0n) is 10.0. The van der Waals surface area contributed by atoms with Crippen LogP contribution in [0.15, 0.2) is 30.3 Å². The maximum atomic E-state index is 5.27. The summed E-state index contributed by atoms with van der Waals surface area (Å²) in [5.74, 6) is 0.959. The lowest BCUT2D eigenvalue weighted by Crippen LogP contribution is -1.91. The molecule has 0 unspecified atom stereocenters. The van der Waals surface area contributed by atoms with Gasteiger partial charge in [-0.2, -0.15) is 0 Å². The van der Waals surface area contributed by atoms with E-state index in [4.69, 9.17) is 4.74 Å². The van der Waals surface area contributed by atoms with Crippen LogP contribution in [-0.2, 0) is 0 Å². The van der Waals surface area contributed by atoms with E-state index in [9.17, 15) is 0 Å². The third-order valence-electron chi connectivity index (χ3n) is 3.23. The molecule has 0 saturated carbocycles. The number of ether oxygens (including phenoxy) is 1. The van der Waals surface area contributed by atoms with Gasteiger partial charge in [0.2, 0.25) is 0 Å². The summed E-state index contributed by atoms with van der Waals surface area (Å²) in [5, 5.41) is 0. The predicted octanol–water partition coefficient (Wildman–Crippen LogP) is 4.43. The van der Waals surface area contributed by atoms with Crippen molar-refractivity contribution >= 4 is 5.57 Å². The van der Waals surface area contributed by atoms with Gasteiger partial charge in [0.05, 0.1) is 7.11 Å². The fraction of sp³-hybridized carbons (Fsp3) is 0.467. The zero-order valence-corrected chi connectivity index (χ0v) is 10.0. The van der Waals surface area contributed by atoms with Crippen LogP contribution < -0.4 is 4.74 Å². The van der Waals surface area contributed by atoms with Gasteiger partial charge >= 0.3 is 0 Å². The Labute approximate surface area is 98.1 Å². The van der Waals surface area contributed by atoms with Crippen molar-refractivity contribution in [1.82, 2.24) is 0 Å². The SMILES string of the molecule is COc1cccc(/C2=C\CCCCCC2)c1. The van der Waals surface area contributed by atoms with Crippen molar-refractivity contribution in [2.75, 3.05) is 7.11 Å². The number of hydrogen-bond donors (Lipinski definition) is 0. The molecule has 0 aromatic heterocycles. The molecule has 0 amide bonds. The third kappa shape index (κ3) is 2.88. The van der Waals surface area contributed by atoms with Crippen LogP contribution in [0.5, 0.6) is 5.75 Å². The molecular weight excluding hydrogens is 196 g/mol. The fourth-order valence-electron chi connectivity index (χ4n) is 2.28. The van der Waals surface area contributed by atoms with E-state index >= 15 is 0 Å². The largest absolute Gasteiger partial charge is 0.497 e. The van der Waals surface area contributed by atoms with E-state index in [2.05, 4.69) is 24.3 Å². The molecule has 0 fully saturated rings. The molecule has 1 aromatic carbocycles. The first kappa shape index (κ1) is 11.3. The molecule has 0 radical (unpaired) electrons. The molecule has 86 valence electrons. The summed E-state index contributed by atoms with van der Waals surface area (Å²) >= 11 is 0. The molecule has 1 heteroatoms. The van der Waals surface area contributed by atoms with Crippen LogP contribution in [0, 0.1) is 0 Å². The normalized spacial score (nSPS) is 20.4. The summed E-state index contributed by atoms with van der Waals surface area (Å²) in [6, 6.07) is 8.42. The van der Waals surface area contributed by atoms with E-state index in [0.29, 0.717) is 0 Å². The van der Waals surface area contributed by atoms with E-state index in [0.717, 1.165) is 5.75 Å². The molecule has 0 spiro atoms. The molecule has 2 rings (SSSR count). The first-order valence-electron chi connectivity index (χ1n) is 6.23. The van der Waals surface area contributed by atoms with Crippen molar-refractivity contribution in [2.24, 2.45) is 0 Å². The Kier molecular flexibility index (Phi) is 4.03. The van der Waals surface area contributed by atoms with Crippen LogP contribution in [0.3, 0.4) is 0 Å². The first-order valence-corrected chi connectivity index (χ1v) is 6.23. The minimum absolute atomic E-state index is 0.959. The minimum Gasteiger partial charge on any atom is -0.497 e. The maximum absolute atomic E-state index is 5.27. The van der Waals surface area contributed by atoms with Gasteiger partial charge < -0.3 is 4.74 Å². The molecule has 0 atom stereocenters. The zero-order chi connectivity index (χ0) is 11.2. The van der Waals surface area contributed by atoms with Gasteiger partial charge in [-0.3, -0.25) is 0 Å². The molecule has 1 aliphatic rings. The Morgan fingerprint density at radius 2 is 1.94 bits per heavy atom. The van der Waals surface area contributed by atoms with Crippen LogP contribution in [0.1, 0.15) is 44.1 Å². The Morgan fingerprint density at radius 1 is 1.06 bits per heavy atom. The highest BCUT2D eigenvalue weighted by molar-refractivity contribution is 5.66. The van der Waals surface area contributed by atoms with E-state index in [1.54, 1.807) is 7.11 Å². The number of hydrogen-bond acceptors (Lipinski definition) is 1. The summed E-state index contributed by atoms with van der Waals surface area (Å²) in [5.41, 5.74) is 2.83. The van der Waals surface area contributed by atoms with Gasteiger partial charge in [0.15, 0.2) is 0 Å². The number of methoxy groups -OCH3 is 1. The number of benzene rings is 1. The van der Waals surface area contributed by atoms with Crippen LogP contribution in [0.4, 0.5) is 0 Å². The van der Waals surface area contributed by atoms with Gasteiger partial charge in [-0.1, -0.05) is 31.1 Å². The van der Waals surface area contributed by atoms with Gasteiger partial charge in [-0.05, 0) is 49.0 Å². The van der Waals surface area contributed by atoms with Crippen molar-refractivity contribution in [3.63, 3.8) is 0 Å². The predicted molar refractivity (Wildman–Crippen MR) is 68.7 cm³/mol. The molecule has 1 aromatic rings. The summed E-state index contributed by atoms with van der Waals surface area (Å²) in [7, 11) is 1.73. The molecule has 0 N–H and O–H groups in total. The van der Waals surface area contributed by atoms with E-state index < -0.39 is 0 Å². The highest BCUT2D eigenvalue weighted by Crippen LogP contribution is 2.27. The van der Waals surface area contributed by atoms with Crippen molar-refractivity contribution in [3.8, 4) is 5.75 Å². The lowest BCUT2D eigenvalue weighted by atomic mass is 9.95. The van der Waals surface area contributed by atoms with Crippen LogP contribution in [0.25, 0.3) is 5.57 Å². The highest BCUT2D eigenvalue weighted by atomic mass is 16.5. The van der Waals surface area contributed by atoms with Gasteiger partial charge in [0.1, 0.15) is 5.75 Å². The van der Waals surface area contributed by atoms with Crippen molar-refractivity contribution in [1.29, 1.82) is 0 Å². The Bertz CT molecular complexity index is 365. The van der Waals surface area contributed by atoms with Crippen LogP contribution >= 0.6 is 0 Å². The number of allylic oxidation sites excluding steroid dienone is 2. The summed E-state index contributed by atoms with van der Waals surface area (Å²) in [6.07, 6.45) is 10.3. The first-order chi connectivity index (χ1) is 7.90. The van der Waals surface area contributed by atoms with Gasteiger partial charge in [-0.25, -0.2) is 0 Å². The third-order valence-corrected chi connectivity index (χ3v) is 3.23. The fourth-order valence-corrected chi connectivity index (χ4v) is 2.28. The summed E-state index contributed by atoms with van der Waals surface area (Å²) in [6.45, 7) is 0. The quantitative estimate of drug-likeness (QED) is 0.710. The molecule has 0 aliphatic heterocycles. The molecule has 0 saturated heterocycles. The van der Waals surface area contributed by atoms with Crippen molar-refractivity contribution < 1.29 is 4.74 Å². The van der Waals surface area contributed by atoms with E-state index in [1.807, 2.05) is 6.07 Å². The summed E-state index contributed by atoms with van der Waals surface area (Å²) in [4.78, 5) is 0. The average Bonchev–Trinajstić information content (AvgIpc) is 2.29. The van der Waals surface area contributed by atoms with Gasteiger partial charge in [0, 0.05) is 0 Å². The maximum Gasteiger partial charge on any atom is 0.119 e. The van der Waals surface area contributed by atoms with E-state index in [-0.39, 0.29) is 0 Å². The molecular formula is C15H20O. The van der Waals surface area contributed by atoms with Crippen LogP contribution in [-0.4, -0.2) is 7.11 Å². The second kappa shape index (κ2) is 5.74. The molecule has 16 heavy (non-hydrogen) atoms. The Hall–Kier alpha value is -1.24. The lowest BCUT2D eigenvalue weighted by Gasteiger charge is -2.12. The van der Waals surface area contributed by atoms with Gasteiger partial charge in [-0.15, -0.1) is 0 Å². The second-order valence-electron chi connectivity index (χ2n) is 4.41. The molecule has 1 aliphatic carbocycles. The van der Waals surface area contributed by atoms with Crippen molar-refractivity contribution in [3.05, 3.63) is 35.9 Å². The number of rotatable bonds is 2. The summed E-state index contributed by atoms with van der Waals surface area (Å²) < 4.78 is 5.27. The Balaban J connectivity index is 2.19. The monoisotopic (exact) mass is 216 g/mol. The molecule has 1 nitrogen and oxygen atoms in total. The highest BCUT2D eigenvalue weighted by Gasteiger charge is 2.05. The van der Waals surface area contributed by atoms with Crippen molar-refractivity contribution in [2.45, 2.75) is 38.5 Å². The molecule has 0 heterocycles. The molecule has 0 bridgehead atoms. The van der Waals surface area contributed by atoms with Gasteiger partial charge in [0.25, 0.3) is 0 Å². The average molecular weight is 216 g/mol. The van der Waals surface area contributed by atoms with Crippen LogP contribution in [0.2, 0.25) is 0 Å². The smallest absolute Gasteiger partial charge is 0.119 e. The standard InChI is InChI=1S/C15H20O/c1-16-15-11-7-10-14(12-15)13-8-5-3-2-4-6-9-13/h7-8,10-12H,2-6,9H2,1H3/b13-8-.